The number of fused-ring (bicyclic) bond motifs is 1. The zero-order valence-electron chi connectivity index (χ0n) is 9.95. The summed E-state index contributed by atoms with van der Waals surface area (Å²) in [5.74, 6) is 0.575. The van der Waals surface area contributed by atoms with Crippen molar-refractivity contribution in [3.63, 3.8) is 0 Å². The number of carbonyl (C=O) groups excluding carboxylic acids is 1. The lowest BCUT2D eigenvalue weighted by Crippen LogP contribution is -2.34. The number of rotatable bonds is 4. The van der Waals surface area contributed by atoms with Crippen molar-refractivity contribution in [1.29, 1.82) is 0 Å². The molecule has 0 aliphatic heterocycles. The fourth-order valence-corrected chi connectivity index (χ4v) is 1.57. The normalized spacial score (nSPS) is 10.8. The van der Waals surface area contributed by atoms with Crippen LogP contribution in [0.2, 0.25) is 0 Å². The van der Waals surface area contributed by atoms with Crippen LogP contribution in [0.25, 0.3) is 11.0 Å². The molecule has 0 saturated carbocycles. The first-order valence-corrected chi connectivity index (χ1v) is 5.63. The minimum Gasteiger partial charge on any atom is -0.352 e. The van der Waals surface area contributed by atoms with Crippen LogP contribution in [-0.2, 0) is 4.79 Å². The van der Waals surface area contributed by atoms with E-state index in [0.29, 0.717) is 5.95 Å². The van der Waals surface area contributed by atoms with Crippen molar-refractivity contribution < 1.29 is 4.79 Å². The molecule has 1 aromatic heterocycles. The summed E-state index contributed by atoms with van der Waals surface area (Å²) in [6.07, 6.45) is 0. The maximum atomic E-state index is 11.4. The Labute approximate surface area is 99.6 Å². The molecule has 0 spiro atoms. The number of benzene rings is 1. The molecule has 0 bridgehead atoms. The Morgan fingerprint density at radius 2 is 2.18 bits per heavy atom. The summed E-state index contributed by atoms with van der Waals surface area (Å²) in [6.45, 7) is 4.08. The van der Waals surface area contributed by atoms with Gasteiger partial charge < -0.3 is 15.6 Å². The van der Waals surface area contributed by atoms with Crippen LogP contribution < -0.4 is 10.6 Å². The molecule has 5 heteroatoms. The third kappa shape index (κ3) is 2.96. The largest absolute Gasteiger partial charge is 0.352 e. The molecule has 17 heavy (non-hydrogen) atoms. The summed E-state index contributed by atoms with van der Waals surface area (Å²) >= 11 is 0. The summed E-state index contributed by atoms with van der Waals surface area (Å²) in [5.41, 5.74) is 1.85. The van der Waals surface area contributed by atoms with Gasteiger partial charge in [0.1, 0.15) is 0 Å². The number of aromatic nitrogens is 2. The number of carbonyl (C=O) groups is 1. The van der Waals surface area contributed by atoms with Gasteiger partial charge in [0.25, 0.3) is 0 Å². The van der Waals surface area contributed by atoms with Crippen LogP contribution >= 0.6 is 0 Å². The number of amides is 1. The van der Waals surface area contributed by atoms with E-state index >= 15 is 0 Å². The van der Waals surface area contributed by atoms with E-state index < -0.39 is 0 Å². The fraction of sp³-hybridized carbons (Fsp3) is 0.333. The van der Waals surface area contributed by atoms with E-state index in [2.05, 4.69) is 20.6 Å². The van der Waals surface area contributed by atoms with Crippen LogP contribution in [0.15, 0.2) is 24.3 Å². The molecule has 0 radical (unpaired) electrons. The minimum atomic E-state index is -0.0412. The van der Waals surface area contributed by atoms with E-state index in [4.69, 9.17) is 0 Å². The highest BCUT2D eigenvalue weighted by Crippen LogP contribution is 2.12. The highest BCUT2D eigenvalue weighted by Gasteiger charge is 2.05. The van der Waals surface area contributed by atoms with Crippen molar-refractivity contribution in [3.05, 3.63) is 24.3 Å². The molecule has 5 nitrogen and oxygen atoms in total. The molecular weight excluding hydrogens is 216 g/mol. The van der Waals surface area contributed by atoms with Crippen LogP contribution in [0.4, 0.5) is 5.95 Å². The third-order valence-electron chi connectivity index (χ3n) is 2.26. The van der Waals surface area contributed by atoms with Crippen LogP contribution in [-0.4, -0.2) is 28.5 Å². The van der Waals surface area contributed by atoms with Gasteiger partial charge in [0.15, 0.2) is 0 Å². The first-order valence-electron chi connectivity index (χ1n) is 5.63. The van der Waals surface area contributed by atoms with Crippen molar-refractivity contribution in [3.8, 4) is 0 Å². The molecule has 1 aromatic carbocycles. The molecule has 0 aliphatic rings. The third-order valence-corrected chi connectivity index (χ3v) is 2.26. The van der Waals surface area contributed by atoms with Gasteiger partial charge in [-0.2, -0.15) is 0 Å². The standard InChI is InChI=1S/C12H16N4O/c1-8(2)14-11(17)7-13-12-15-9-5-3-4-6-10(9)16-12/h3-6,8H,7H2,1-2H3,(H,14,17)(H2,13,15,16). The van der Waals surface area contributed by atoms with Crippen LogP contribution in [0.3, 0.4) is 0 Å². The second-order valence-electron chi connectivity index (χ2n) is 4.18. The number of nitrogens with one attached hydrogen (secondary N) is 3. The fourth-order valence-electron chi connectivity index (χ4n) is 1.57. The molecule has 0 saturated heterocycles. The molecule has 3 N–H and O–H groups in total. The number of aromatic amines is 1. The molecule has 0 atom stereocenters. The molecule has 90 valence electrons. The lowest BCUT2D eigenvalue weighted by atomic mass is 10.3. The zero-order valence-corrected chi connectivity index (χ0v) is 9.95. The number of H-pyrrole nitrogens is 1. The van der Waals surface area contributed by atoms with Gasteiger partial charge in [-0.3, -0.25) is 4.79 Å². The summed E-state index contributed by atoms with van der Waals surface area (Å²) in [4.78, 5) is 18.8. The van der Waals surface area contributed by atoms with Gasteiger partial charge in [0.2, 0.25) is 11.9 Å². The summed E-state index contributed by atoms with van der Waals surface area (Å²) in [5, 5.41) is 5.76. The molecular formula is C12H16N4O. The number of hydrogen-bond acceptors (Lipinski definition) is 3. The van der Waals surface area contributed by atoms with Gasteiger partial charge in [0, 0.05) is 6.04 Å². The van der Waals surface area contributed by atoms with E-state index in [1.807, 2.05) is 38.1 Å². The second-order valence-corrected chi connectivity index (χ2v) is 4.18. The van der Waals surface area contributed by atoms with Crippen molar-refractivity contribution in [2.45, 2.75) is 19.9 Å². The number of para-hydroxylation sites is 2. The van der Waals surface area contributed by atoms with Crippen LogP contribution in [0, 0.1) is 0 Å². The molecule has 2 rings (SSSR count). The van der Waals surface area contributed by atoms with E-state index in [1.54, 1.807) is 0 Å². The molecule has 2 aromatic rings. The quantitative estimate of drug-likeness (QED) is 0.748. The predicted octanol–water partition coefficient (Wildman–Crippen LogP) is 1.50. The van der Waals surface area contributed by atoms with Gasteiger partial charge in [-0.15, -0.1) is 0 Å². The van der Waals surface area contributed by atoms with Crippen molar-refractivity contribution in [2.24, 2.45) is 0 Å². The lowest BCUT2D eigenvalue weighted by molar-refractivity contribution is -0.119. The maximum absolute atomic E-state index is 11.4. The lowest BCUT2D eigenvalue weighted by Gasteiger charge is -2.08. The van der Waals surface area contributed by atoms with Gasteiger partial charge in [-0.05, 0) is 26.0 Å². The first kappa shape index (κ1) is 11.4. The Balaban J connectivity index is 1.97. The summed E-state index contributed by atoms with van der Waals surface area (Å²) in [7, 11) is 0. The van der Waals surface area contributed by atoms with Crippen molar-refractivity contribution in [1.82, 2.24) is 15.3 Å². The summed E-state index contributed by atoms with van der Waals surface area (Å²) in [6, 6.07) is 7.89. The number of imidazole rings is 1. The van der Waals surface area contributed by atoms with Crippen LogP contribution in [0.1, 0.15) is 13.8 Å². The van der Waals surface area contributed by atoms with E-state index in [1.165, 1.54) is 0 Å². The second kappa shape index (κ2) is 4.86. The topological polar surface area (TPSA) is 69.8 Å². The molecule has 1 amide bonds. The Morgan fingerprint density at radius 1 is 1.41 bits per heavy atom. The highest BCUT2D eigenvalue weighted by atomic mass is 16.1. The molecule has 1 heterocycles. The molecule has 0 aliphatic carbocycles. The predicted molar refractivity (Wildman–Crippen MR) is 67.9 cm³/mol. The molecule has 0 unspecified atom stereocenters. The van der Waals surface area contributed by atoms with E-state index in [0.717, 1.165) is 11.0 Å². The average molecular weight is 232 g/mol. The van der Waals surface area contributed by atoms with Gasteiger partial charge in [-0.25, -0.2) is 4.98 Å². The Bertz CT molecular complexity index is 485. The van der Waals surface area contributed by atoms with Gasteiger partial charge in [0.05, 0.1) is 17.6 Å². The summed E-state index contributed by atoms with van der Waals surface area (Å²) < 4.78 is 0. The smallest absolute Gasteiger partial charge is 0.239 e. The zero-order chi connectivity index (χ0) is 12.3. The number of hydrogen-bond donors (Lipinski definition) is 3. The molecule has 0 fully saturated rings. The number of anilines is 1. The number of nitrogens with zero attached hydrogens (tertiary/aromatic N) is 1. The van der Waals surface area contributed by atoms with Gasteiger partial charge >= 0.3 is 0 Å². The van der Waals surface area contributed by atoms with E-state index in [9.17, 15) is 4.79 Å². The van der Waals surface area contributed by atoms with Crippen LogP contribution in [0.5, 0.6) is 0 Å². The Morgan fingerprint density at radius 3 is 2.88 bits per heavy atom. The van der Waals surface area contributed by atoms with Gasteiger partial charge in [-0.1, -0.05) is 12.1 Å². The van der Waals surface area contributed by atoms with E-state index in [-0.39, 0.29) is 18.5 Å². The van der Waals surface area contributed by atoms with Crippen molar-refractivity contribution in [2.75, 3.05) is 11.9 Å². The SMILES string of the molecule is CC(C)NC(=O)CNc1nc2ccccc2[nH]1. The van der Waals surface area contributed by atoms with Crippen molar-refractivity contribution >= 4 is 22.9 Å². The Kier molecular flexibility index (Phi) is 3.27. The maximum Gasteiger partial charge on any atom is 0.239 e. The monoisotopic (exact) mass is 232 g/mol. The minimum absolute atomic E-state index is 0.0412. The Hall–Kier alpha value is -2.04. The first-order chi connectivity index (χ1) is 8.15. The average Bonchev–Trinajstić information content (AvgIpc) is 2.68. The highest BCUT2D eigenvalue weighted by molar-refractivity contribution is 5.82.